The van der Waals surface area contributed by atoms with E-state index in [0.29, 0.717) is 0 Å². The second-order valence-corrected chi connectivity index (χ2v) is 5.76. The van der Waals surface area contributed by atoms with Crippen LogP contribution in [0.1, 0.15) is 5.69 Å². The van der Waals surface area contributed by atoms with Crippen molar-refractivity contribution in [1.29, 1.82) is 0 Å². The van der Waals surface area contributed by atoms with Gasteiger partial charge in [0.05, 0.1) is 5.69 Å². The fraction of sp³-hybridized carbons (Fsp3) is 0.400. The molecule has 1 fully saturated rings. The summed E-state index contributed by atoms with van der Waals surface area (Å²) in [5, 5.41) is 0.836. The average molecular weight is 301 g/mol. The van der Waals surface area contributed by atoms with Crippen LogP contribution in [0.2, 0.25) is 0 Å². The van der Waals surface area contributed by atoms with Crippen molar-refractivity contribution in [3.8, 4) is 0 Å². The van der Waals surface area contributed by atoms with E-state index in [9.17, 15) is 0 Å². The molecule has 2 aromatic rings. The van der Waals surface area contributed by atoms with Crippen molar-refractivity contribution in [3.63, 3.8) is 0 Å². The molecule has 110 valence electrons. The molecule has 0 N–H and O–H groups in total. The number of thioether (sulfide) groups is 1. The molecule has 0 radical (unpaired) electrons. The topological polar surface area (TPSA) is 45.2 Å². The molecule has 1 aliphatic rings. The Kier molecular flexibility index (Phi) is 4.67. The van der Waals surface area contributed by atoms with E-state index >= 15 is 0 Å². The van der Waals surface area contributed by atoms with Crippen LogP contribution in [0.4, 0.5) is 5.82 Å². The molecule has 0 bridgehead atoms. The van der Waals surface area contributed by atoms with E-state index in [1.807, 2.05) is 36.8 Å². The molecular weight excluding hydrogens is 282 g/mol. The van der Waals surface area contributed by atoms with Gasteiger partial charge in [0.25, 0.3) is 0 Å². The molecule has 0 aromatic carbocycles. The highest BCUT2D eigenvalue weighted by Crippen LogP contribution is 2.17. The molecule has 2 aromatic heterocycles. The summed E-state index contributed by atoms with van der Waals surface area (Å²) in [7, 11) is 0. The van der Waals surface area contributed by atoms with Crippen molar-refractivity contribution in [3.05, 3.63) is 42.4 Å². The highest BCUT2D eigenvalue weighted by molar-refractivity contribution is 7.98. The number of rotatable bonds is 4. The van der Waals surface area contributed by atoms with Crippen LogP contribution in [0.3, 0.4) is 0 Å². The van der Waals surface area contributed by atoms with Crippen molar-refractivity contribution < 1.29 is 0 Å². The molecular formula is C15H19N5S. The van der Waals surface area contributed by atoms with Gasteiger partial charge in [-0.3, -0.25) is 9.88 Å². The predicted molar refractivity (Wildman–Crippen MR) is 85.5 cm³/mol. The first-order chi connectivity index (χ1) is 10.3. The quantitative estimate of drug-likeness (QED) is 0.635. The molecule has 6 heteroatoms. The van der Waals surface area contributed by atoms with Crippen molar-refractivity contribution in [2.24, 2.45) is 0 Å². The van der Waals surface area contributed by atoms with E-state index in [1.54, 1.807) is 11.8 Å². The number of anilines is 1. The van der Waals surface area contributed by atoms with Crippen molar-refractivity contribution in [2.75, 3.05) is 37.3 Å². The number of hydrogen-bond acceptors (Lipinski definition) is 6. The number of piperazine rings is 1. The number of pyridine rings is 1. The van der Waals surface area contributed by atoms with Gasteiger partial charge in [-0.15, -0.1) is 0 Å². The first-order valence-electron chi connectivity index (χ1n) is 7.09. The zero-order valence-corrected chi connectivity index (χ0v) is 13.0. The normalized spacial score (nSPS) is 16.1. The molecule has 0 spiro atoms. The second-order valence-electron chi connectivity index (χ2n) is 4.99. The maximum absolute atomic E-state index is 4.57. The fourth-order valence-electron chi connectivity index (χ4n) is 2.46. The fourth-order valence-corrected chi connectivity index (χ4v) is 2.81. The van der Waals surface area contributed by atoms with Crippen LogP contribution < -0.4 is 4.90 Å². The lowest BCUT2D eigenvalue weighted by Gasteiger charge is -2.35. The Balaban J connectivity index is 1.57. The molecule has 0 unspecified atom stereocenters. The molecule has 0 atom stereocenters. The molecule has 1 aliphatic heterocycles. The van der Waals surface area contributed by atoms with E-state index in [2.05, 4.69) is 30.8 Å². The van der Waals surface area contributed by atoms with E-state index in [-0.39, 0.29) is 0 Å². The molecule has 0 aliphatic carbocycles. The first kappa shape index (κ1) is 14.3. The Morgan fingerprint density at radius 1 is 1.05 bits per heavy atom. The van der Waals surface area contributed by atoms with Gasteiger partial charge in [0.15, 0.2) is 5.16 Å². The predicted octanol–water partition coefficient (Wildman–Crippen LogP) is 1.92. The number of hydrogen-bond donors (Lipinski definition) is 0. The third kappa shape index (κ3) is 3.71. The molecule has 0 amide bonds. The summed E-state index contributed by atoms with van der Waals surface area (Å²) < 4.78 is 0. The van der Waals surface area contributed by atoms with Gasteiger partial charge in [0, 0.05) is 45.1 Å². The van der Waals surface area contributed by atoms with E-state index in [4.69, 9.17) is 0 Å². The van der Waals surface area contributed by atoms with Crippen LogP contribution in [0.25, 0.3) is 0 Å². The van der Waals surface area contributed by atoms with E-state index in [1.165, 1.54) is 0 Å². The molecule has 3 rings (SSSR count). The SMILES string of the molecule is CSc1nccc(N2CCN(Cc3ccccn3)CC2)n1. The Morgan fingerprint density at radius 3 is 2.62 bits per heavy atom. The summed E-state index contributed by atoms with van der Waals surface area (Å²) in [4.78, 5) is 18.0. The van der Waals surface area contributed by atoms with Crippen LogP contribution in [0, 0.1) is 0 Å². The summed E-state index contributed by atoms with van der Waals surface area (Å²) in [6.45, 7) is 4.99. The van der Waals surface area contributed by atoms with Gasteiger partial charge in [0.1, 0.15) is 5.82 Å². The molecule has 1 saturated heterocycles. The third-order valence-corrected chi connectivity index (χ3v) is 4.17. The van der Waals surface area contributed by atoms with E-state index < -0.39 is 0 Å². The lowest BCUT2D eigenvalue weighted by atomic mass is 10.2. The summed E-state index contributed by atoms with van der Waals surface area (Å²) >= 11 is 1.58. The summed E-state index contributed by atoms with van der Waals surface area (Å²) in [6.07, 6.45) is 5.70. The number of nitrogens with zero attached hydrogens (tertiary/aromatic N) is 5. The minimum atomic E-state index is 0.836. The summed E-state index contributed by atoms with van der Waals surface area (Å²) in [6, 6.07) is 8.08. The second kappa shape index (κ2) is 6.87. The smallest absolute Gasteiger partial charge is 0.189 e. The van der Waals surface area contributed by atoms with Gasteiger partial charge < -0.3 is 4.90 Å². The van der Waals surface area contributed by atoms with Crippen molar-refractivity contribution >= 4 is 17.6 Å². The lowest BCUT2D eigenvalue weighted by molar-refractivity contribution is 0.246. The summed E-state index contributed by atoms with van der Waals surface area (Å²) in [5.41, 5.74) is 1.14. The van der Waals surface area contributed by atoms with Gasteiger partial charge in [0.2, 0.25) is 0 Å². The Morgan fingerprint density at radius 2 is 1.90 bits per heavy atom. The maximum atomic E-state index is 4.57. The first-order valence-corrected chi connectivity index (χ1v) is 8.32. The zero-order chi connectivity index (χ0) is 14.5. The van der Waals surface area contributed by atoms with Crippen LogP contribution in [-0.4, -0.2) is 52.3 Å². The van der Waals surface area contributed by atoms with Crippen LogP contribution in [0.5, 0.6) is 0 Å². The van der Waals surface area contributed by atoms with Crippen molar-refractivity contribution in [2.45, 2.75) is 11.7 Å². The standard InChI is InChI=1S/C15H19N5S/c1-21-15-17-7-5-14(18-15)20-10-8-19(9-11-20)12-13-4-2-3-6-16-13/h2-7H,8-12H2,1H3. The Labute approximate surface area is 129 Å². The monoisotopic (exact) mass is 301 g/mol. The highest BCUT2D eigenvalue weighted by Gasteiger charge is 2.18. The highest BCUT2D eigenvalue weighted by atomic mass is 32.2. The van der Waals surface area contributed by atoms with Crippen LogP contribution in [-0.2, 0) is 6.54 Å². The molecule has 5 nitrogen and oxygen atoms in total. The van der Waals surface area contributed by atoms with Crippen LogP contribution >= 0.6 is 11.8 Å². The molecule has 0 saturated carbocycles. The van der Waals surface area contributed by atoms with Gasteiger partial charge in [-0.1, -0.05) is 17.8 Å². The zero-order valence-electron chi connectivity index (χ0n) is 12.1. The van der Waals surface area contributed by atoms with Gasteiger partial charge in [-0.05, 0) is 24.5 Å². The van der Waals surface area contributed by atoms with Crippen LogP contribution in [0.15, 0.2) is 41.8 Å². The Hall–Kier alpha value is -1.66. The van der Waals surface area contributed by atoms with E-state index in [0.717, 1.165) is 49.4 Å². The molecule has 21 heavy (non-hydrogen) atoms. The minimum Gasteiger partial charge on any atom is -0.354 e. The van der Waals surface area contributed by atoms with Crippen molar-refractivity contribution in [1.82, 2.24) is 19.9 Å². The molecule has 3 heterocycles. The number of aromatic nitrogens is 3. The van der Waals surface area contributed by atoms with Gasteiger partial charge in [-0.2, -0.15) is 0 Å². The third-order valence-electron chi connectivity index (χ3n) is 3.61. The maximum Gasteiger partial charge on any atom is 0.189 e. The van der Waals surface area contributed by atoms with Gasteiger partial charge >= 0.3 is 0 Å². The average Bonchev–Trinajstić information content (AvgIpc) is 2.56. The Bertz CT molecular complexity index is 569. The lowest BCUT2D eigenvalue weighted by Crippen LogP contribution is -2.46. The van der Waals surface area contributed by atoms with Gasteiger partial charge in [-0.25, -0.2) is 9.97 Å². The summed E-state index contributed by atoms with van der Waals surface area (Å²) in [5.74, 6) is 1.03. The minimum absolute atomic E-state index is 0.836. The largest absolute Gasteiger partial charge is 0.354 e.